The van der Waals surface area contributed by atoms with Crippen molar-refractivity contribution in [2.24, 2.45) is 0 Å². The van der Waals surface area contributed by atoms with Gasteiger partial charge in [-0.15, -0.1) is 0 Å². The molecule has 2 aromatic carbocycles. The van der Waals surface area contributed by atoms with E-state index < -0.39 is 5.82 Å². The van der Waals surface area contributed by atoms with Crippen LogP contribution in [0.1, 0.15) is 11.1 Å². The Kier molecular flexibility index (Phi) is 4.70. The molecule has 0 aliphatic heterocycles. The average Bonchev–Trinajstić information content (AvgIpc) is 2.48. The Labute approximate surface area is 117 Å². The van der Waals surface area contributed by atoms with Crippen molar-refractivity contribution in [3.05, 3.63) is 65.5 Å². The van der Waals surface area contributed by atoms with E-state index in [0.29, 0.717) is 12.1 Å². The first-order chi connectivity index (χ1) is 9.72. The molecular formula is C16H15FN2O. The third-order valence-electron chi connectivity index (χ3n) is 3.01. The topological polar surface area (TPSA) is 56.0 Å². The SMILES string of the molecule is N#Cc1ccc(NC(CO)Cc2ccccc2)cc1F. The van der Waals surface area contributed by atoms with Crippen LogP contribution in [0.25, 0.3) is 0 Å². The number of anilines is 1. The molecule has 2 aromatic rings. The number of halogens is 1. The van der Waals surface area contributed by atoms with Crippen molar-refractivity contribution in [1.82, 2.24) is 0 Å². The number of nitrogens with zero attached hydrogens (tertiary/aromatic N) is 1. The van der Waals surface area contributed by atoms with Gasteiger partial charge in [0.2, 0.25) is 0 Å². The molecule has 0 amide bonds. The van der Waals surface area contributed by atoms with Gasteiger partial charge in [-0.1, -0.05) is 30.3 Å². The molecule has 0 heterocycles. The van der Waals surface area contributed by atoms with Gasteiger partial charge in [0.15, 0.2) is 0 Å². The molecule has 1 atom stereocenters. The molecule has 0 spiro atoms. The number of hydrogen-bond donors (Lipinski definition) is 2. The van der Waals surface area contributed by atoms with Crippen LogP contribution in [0.5, 0.6) is 0 Å². The number of rotatable bonds is 5. The highest BCUT2D eigenvalue weighted by molar-refractivity contribution is 5.49. The highest BCUT2D eigenvalue weighted by atomic mass is 19.1. The normalized spacial score (nSPS) is 11.7. The van der Waals surface area contributed by atoms with Gasteiger partial charge in [-0.2, -0.15) is 5.26 Å². The largest absolute Gasteiger partial charge is 0.394 e. The fraction of sp³-hybridized carbons (Fsp3) is 0.188. The van der Waals surface area contributed by atoms with Gasteiger partial charge in [-0.05, 0) is 30.2 Å². The van der Waals surface area contributed by atoms with Crippen molar-refractivity contribution in [3.63, 3.8) is 0 Å². The Bertz CT molecular complexity index is 608. The predicted molar refractivity (Wildman–Crippen MR) is 75.8 cm³/mol. The van der Waals surface area contributed by atoms with Crippen LogP contribution in [0.3, 0.4) is 0 Å². The lowest BCUT2D eigenvalue weighted by Crippen LogP contribution is -2.26. The lowest BCUT2D eigenvalue weighted by Gasteiger charge is -2.18. The Morgan fingerprint density at radius 3 is 2.55 bits per heavy atom. The van der Waals surface area contributed by atoms with E-state index in [0.717, 1.165) is 5.56 Å². The van der Waals surface area contributed by atoms with Gasteiger partial charge >= 0.3 is 0 Å². The summed E-state index contributed by atoms with van der Waals surface area (Å²) in [6.45, 7) is -0.0590. The third kappa shape index (κ3) is 3.56. The van der Waals surface area contributed by atoms with Crippen molar-refractivity contribution >= 4 is 5.69 Å². The molecule has 0 fully saturated rings. The van der Waals surface area contributed by atoms with Gasteiger partial charge < -0.3 is 10.4 Å². The minimum absolute atomic E-state index is 0.0131. The number of aliphatic hydroxyl groups is 1. The van der Waals surface area contributed by atoms with Crippen molar-refractivity contribution < 1.29 is 9.50 Å². The second-order valence-corrected chi connectivity index (χ2v) is 4.52. The van der Waals surface area contributed by atoms with Crippen LogP contribution in [0.15, 0.2) is 48.5 Å². The molecule has 0 bridgehead atoms. The van der Waals surface area contributed by atoms with Crippen molar-refractivity contribution in [3.8, 4) is 6.07 Å². The van der Waals surface area contributed by atoms with E-state index in [1.807, 2.05) is 30.3 Å². The number of benzene rings is 2. The summed E-state index contributed by atoms with van der Waals surface area (Å²) < 4.78 is 13.5. The van der Waals surface area contributed by atoms with E-state index in [-0.39, 0.29) is 18.2 Å². The van der Waals surface area contributed by atoms with Gasteiger partial charge in [0.1, 0.15) is 11.9 Å². The van der Waals surface area contributed by atoms with E-state index in [4.69, 9.17) is 5.26 Å². The molecule has 2 rings (SSSR count). The fourth-order valence-electron chi connectivity index (χ4n) is 1.99. The van der Waals surface area contributed by atoms with Crippen LogP contribution in [-0.2, 0) is 6.42 Å². The molecule has 0 saturated carbocycles. The summed E-state index contributed by atoms with van der Waals surface area (Å²) in [6, 6.07) is 15.7. The number of nitrogens with one attached hydrogen (secondary N) is 1. The van der Waals surface area contributed by atoms with E-state index in [1.165, 1.54) is 12.1 Å². The minimum atomic E-state index is -0.561. The molecule has 0 aromatic heterocycles. The monoisotopic (exact) mass is 270 g/mol. The maximum absolute atomic E-state index is 13.5. The summed E-state index contributed by atoms with van der Waals surface area (Å²) >= 11 is 0. The van der Waals surface area contributed by atoms with Crippen LogP contribution in [0, 0.1) is 17.1 Å². The Morgan fingerprint density at radius 2 is 1.95 bits per heavy atom. The van der Waals surface area contributed by atoms with Crippen molar-refractivity contribution in [2.75, 3.05) is 11.9 Å². The molecule has 0 saturated heterocycles. The molecule has 2 N–H and O–H groups in total. The summed E-state index contributed by atoms with van der Waals surface area (Å²) in [5, 5.41) is 21.2. The van der Waals surface area contributed by atoms with Crippen molar-refractivity contribution in [2.45, 2.75) is 12.5 Å². The number of nitriles is 1. The molecule has 0 radical (unpaired) electrons. The lowest BCUT2D eigenvalue weighted by molar-refractivity contribution is 0.273. The highest BCUT2D eigenvalue weighted by Crippen LogP contribution is 2.16. The first-order valence-electron chi connectivity index (χ1n) is 6.34. The summed E-state index contributed by atoms with van der Waals surface area (Å²) in [6.07, 6.45) is 0.638. The van der Waals surface area contributed by atoms with Gasteiger partial charge in [-0.25, -0.2) is 4.39 Å². The molecule has 0 aliphatic carbocycles. The van der Waals surface area contributed by atoms with E-state index >= 15 is 0 Å². The maximum Gasteiger partial charge on any atom is 0.143 e. The fourth-order valence-corrected chi connectivity index (χ4v) is 1.99. The second-order valence-electron chi connectivity index (χ2n) is 4.52. The van der Waals surface area contributed by atoms with Gasteiger partial charge in [0.25, 0.3) is 0 Å². The summed E-state index contributed by atoms with van der Waals surface area (Å²) in [5.74, 6) is -0.561. The average molecular weight is 270 g/mol. The van der Waals surface area contributed by atoms with Crippen LogP contribution in [-0.4, -0.2) is 17.8 Å². The zero-order chi connectivity index (χ0) is 14.4. The van der Waals surface area contributed by atoms with E-state index in [2.05, 4.69) is 5.32 Å². The molecule has 102 valence electrons. The summed E-state index contributed by atoms with van der Waals surface area (Å²) in [7, 11) is 0. The highest BCUT2D eigenvalue weighted by Gasteiger charge is 2.10. The minimum Gasteiger partial charge on any atom is -0.394 e. The van der Waals surface area contributed by atoms with Crippen molar-refractivity contribution in [1.29, 1.82) is 5.26 Å². The Morgan fingerprint density at radius 1 is 1.20 bits per heavy atom. The van der Waals surface area contributed by atoms with E-state index in [9.17, 15) is 9.50 Å². The quantitative estimate of drug-likeness (QED) is 0.878. The number of hydrogen-bond acceptors (Lipinski definition) is 3. The summed E-state index contributed by atoms with van der Waals surface area (Å²) in [4.78, 5) is 0. The Balaban J connectivity index is 2.07. The molecular weight excluding hydrogens is 255 g/mol. The zero-order valence-corrected chi connectivity index (χ0v) is 10.9. The molecule has 1 unspecified atom stereocenters. The standard InChI is InChI=1S/C16H15FN2O/c17-16-9-14(7-6-13(16)10-18)19-15(11-20)8-12-4-2-1-3-5-12/h1-7,9,15,19-20H,8,11H2. The first kappa shape index (κ1) is 14.0. The number of aliphatic hydroxyl groups excluding tert-OH is 1. The van der Waals surface area contributed by atoms with Crippen LogP contribution in [0.2, 0.25) is 0 Å². The van der Waals surface area contributed by atoms with Gasteiger partial charge in [0, 0.05) is 5.69 Å². The molecule has 4 heteroatoms. The Hall–Kier alpha value is -2.38. The zero-order valence-electron chi connectivity index (χ0n) is 10.9. The predicted octanol–water partition coefficient (Wildman–Crippen LogP) is 2.71. The smallest absolute Gasteiger partial charge is 0.143 e. The molecule has 0 aliphatic rings. The third-order valence-corrected chi connectivity index (χ3v) is 3.01. The van der Waals surface area contributed by atoms with Crippen LogP contribution < -0.4 is 5.32 Å². The second kappa shape index (κ2) is 6.69. The van der Waals surface area contributed by atoms with Gasteiger partial charge in [-0.3, -0.25) is 0 Å². The lowest BCUT2D eigenvalue weighted by atomic mass is 10.1. The van der Waals surface area contributed by atoms with Gasteiger partial charge in [0.05, 0.1) is 18.2 Å². The molecule has 20 heavy (non-hydrogen) atoms. The molecule has 3 nitrogen and oxygen atoms in total. The van der Waals surface area contributed by atoms with Crippen LogP contribution >= 0.6 is 0 Å². The first-order valence-corrected chi connectivity index (χ1v) is 6.34. The van der Waals surface area contributed by atoms with Crippen LogP contribution in [0.4, 0.5) is 10.1 Å². The maximum atomic E-state index is 13.5. The van der Waals surface area contributed by atoms with E-state index in [1.54, 1.807) is 12.1 Å². The summed E-state index contributed by atoms with van der Waals surface area (Å²) in [5.41, 5.74) is 1.66.